The molecule has 0 spiro atoms. The third-order valence-corrected chi connectivity index (χ3v) is 3.61. The molecule has 0 radical (unpaired) electrons. The van der Waals surface area contributed by atoms with Crippen molar-refractivity contribution in [3.8, 4) is 22.9 Å². The summed E-state index contributed by atoms with van der Waals surface area (Å²) in [6.07, 6.45) is 0.709. The first-order valence-electron chi connectivity index (χ1n) is 8.55. The van der Waals surface area contributed by atoms with Crippen molar-refractivity contribution in [1.82, 2.24) is 21.0 Å². The highest BCUT2D eigenvalue weighted by atomic mass is 16.5. The van der Waals surface area contributed by atoms with Crippen molar-refractivity contribution in [3.05, 3.63) is 24.1 Å². The van der Waals surface area contributed by atoms with E-state index in [4.69, 9.17) is 14.0 Å². The number of hydrogen-bond acceptors (Lipinski definition) is 7. The van der Waals surface area contributed by atoms with Crippen LogP contribution in [0.4, 0.5) is 0 Å². The Bertz CT molecular complexity index is 788. The minimum absolute atomic E-state index is 0.107. The molecule has 2 aromatic rings. The van der Waals surface area contributed by atoms with Crippen LogP contribution < -0.4 is 20.3 Å². The van der Waals surface area contributed by atoms with Crippen LogP contribution in [0.3, 0.4) is 0 Å². The van der Waals surface area contributed by atoms with E-state index in [-0.39, 0.29) is 30.6 Å². The molecule has 0 atom stereocenters. The fourth-order valence-corrected chi connectivity index (χ4v) is 2.29. The van der Waals surface area contributed by atoms with E-state index in [9.17, 15) is 9.59 Å². The topological polar surface area (TPSA) is 116 Å². The SMILES string of the molecule is COc1ccc(-c2noc(CCC(=O)NNC(=O)CC(C)C)n2)cc1OC. The molecule has 0 saturated carbocycles. The summed E-state index contributed by atoms with van der Waals surface area (Å²) in [4.78, 5) is 27.6. The van der Waals surface area contributed by atoms with Gasteiger partial charge in [-0.05, 0) is 24.1 Å². The van der Waals surface area contributed by atoms with Crippen LogP contribution in [-0.2, 0) is 16.0 Å². The molecule has 9 heteroatoms. The average molecular weight is 376 g/mol. The summed E-state index contributed by atoms with van der Waals surface area (Å²) in [5.41, 5.74) is 5.44. The van der Waals surface area contributed by atoms with E-state index < -0.39 is 0 Å². The Hall–Kier alpha value is -3.10. The minimum atomic E-state index is -0.335. The number of benzene rings is 1. The Morgan fingerprint density at radius 2 is 1.81 bits per heavy atom. The number of nitrogens with one attached hydrogen (secondary N) is 2. The van der Waals surface area contributed by atoms with Gasteiger partial charge in [-0.1, -0.05) is 19.0 Å². The molecular weight excluding hydrogens is 352 g/mol. The normalized spacial score (nSPS) is 10.6. The van der Waals surface area contributed by atoms with Crippen LogP contribution in [0, 0.1) is 5.92 Å². The fraction of sp³-hybridized carbons (Fsp3) is 0.444. The lowest BCUT2D eigenvalue weighted by Crippen LogP contribution is -2.42. The lowest BCUT2D eigenvalue weighted by Gasteiger charge is -2.08. The zero-order chi connectivity index (χ0) is 19.8. The first-order valence-corrected chi connectivity index (χ1v) is 8.55. The number of rotatable bonds is 8. The van der Waals surface area contributed by atoms with Crippen molar-refractivity contribution in [3.63, 3.8) is 0 Å². The maximum Gasteiger partial charge on any atom is 0.238 e. The highest BCUT2D eigenvalue weighted by Gasteiger charge is 2.13. The first kappa shape index (κ1) is 20.2. The van der Waals surface area contributed by atoms with Crippen molar-refractivity contribution in [2.75, 3.05) is 14.2 Å². The molecule has 9 nitrogen and oxygen atoms in total. The van der Waals surface area contributed by atoms with Crippen LogP contribution in [0.2, 0.25) is 0 Å². The number of methoxy groups -OCH3 is 2. The molecule has 0 aliphatic rings. The smallest absolute Gasteiger partial charge is 0.238 e. The molecule has 0 bridgehead atoms. The van der Waals surface area contributed by atoms with Gasteiger partial charge >= 0.3 is 0 Å². The molecular formula is C18H24N4O5. The van der Waals surface area contributed by atoms with Crippen LogP contribution in [0.5, 0.6) is 11.5 Å². The van der Waals surface area contributed by atoms with E-state index in [0.29, 0.717) is 35.2 Å². The highest BCUT2D eigenvalue weighted by Crippen LogP contribution is 2.31. The molecule has 1 aromatic carbocycles. The number of nitrogens with zero attached hydrogens (tertiary/aromatic N) is 2. The lowest BCUT2D eigenvalue weighted by atomic mass is 10.1. The van der Waals surface area contributed by atoms with Crippen LogP contribution >= 0.6 is 0 Å². The second-order valence-electron chi connectivity index (χ2n) is 6.28. The number of ether oxygens (including phenoxy) is 2. The average Bonchev–Trinajstić information content (AvgIpc) is 3.12. The van der Waals surface area contributed by atoms with Crippen molar-refractivity contribution in [1.29, 1.82) is 0 Å². The molecule has 1 aromatic heterocycles. The van der Waals surface area contributed by atoms with Gasteiger partial charge in [-0.25, -0.2) is 0 Å². The summed E-state index contributed by atoms with van der Waals surface area (Å²) in [7, 11) is 3.10. The Balaban J connectivity index is 1.89. The fourth-order valence-electron chi connectivity index (χ4n) is 2.29. The predicted molar refractivity (Wildman–Crippen MR) is 96.9 cm³/mol. The van der Waals surface area contributed by atoms with Gasteiger partial charge < -0.3 is 14.0 Å². The summed E-state index contributed by atoms with van der Waals surface area (Å²) in [5.74, 6) is 1.51. The standard InChI is InChI=1S/C18H24N4O5/c1-11(2)9-16(24)21-20-15(23)7-8-17-19-18(22-27-17)12-5-6-13(25-3)14(10-12)26-4/h5-6,10-11H,7-9H2,1-4H3,(H,20,23)(H,21,24). The second kappa shape index (κ2) is 9.56. The molecule has 1 heterocycles. The third-order valence-electron chi connectivity index (χ3n) is 3.61. The number of hydrogen-bond donors (Lipinski definition) is 2. The van der Waals surface area contributed by atoms with Gasteiger partial charge in [-0.3, -0.25) is 20.4 Å². The van der Waals surface area contributed by atoms with E-state index in [1.54, 1.807) is 32.4 Å². The van der Waals surface area contributed by atoms with E-state index >= 15 is 0 Å². The zero-order valence-electron chi connectivity index (χ0n) is 15.9. The van der Waals surface area contributed by atoms with E-state index in [1.165, 1.54) is 0 Å². The Labute approximate surface area is 157 Å². The van der Waals surface area contributed by atoms with Crippen molar-refractivity contribution in [2.24, 2.45) is 5.92 Å². The molecule has 0 fully saturated rings. The van der Waals surface area contributed by atoms with Gasteiger partial charge in [0.15, 0.2) is 11.5 Å². The minimum Gasteiger partial charge on any atom is -0.493 e. The van der Waals surface area contributed by atoms with Gasteiger partial charge in [0.05, 0.1) is 14.2 Å². The second-order valence-corrected chi connectivity index (χ2v) is 6.28. The molecule has 2 amide bonds. The highest BCUT2D eigenvalue weighted by molar-refractivity contribution is 5.82. The summed E-state index contributed by atoms with van der Waals surface area (Å²) >= 11 is 0. The van der Waals surface area contributed by atoms with Crippen LogP contribution in [0.1, 0.15) is 32.6 Å². The molecule has 2 N–H and O–H groups in total. The molecule has 2 rings (SSSR count). The quantitative estimate of drug-likeness (QED) is 0.676. The molecule has 0 unspecified atom stereocenters. The molecule has 27 heavy (non-hydrogen) atoms. The first-order chi connectivity index (χ1) is 12.9. The number of aromatic nitrogens is 2. The maximum atomic E-state index is 11.8. The molecule has 0 aliphatic heterocycles. The van der Waals surface area contributed by atoms with Gasteiger partial charge in [0.25, 0.3) is 0 Å². The summed E-state index contributed by atoms with van der Waals surface area (Å²) < 4.78 is 15.6. The zero-order valence-corrected chi connectivity index (χ0v) is 15.9. The Morgan fingerprint density at radius 1 is 1.11 bits per heavy atom. The summed E-state index contributed by atoms with van der Waals surface area (Å²) in [6.45, 7) is 3.85. The van der Waals surface area contributed by atoms with E-state index in [0.717, 1.165) is 0 Å². The molecule has 146 valence electrons. The maximum absolute atomic E-state index is 11.8. The Morgan fingerprint density at radius 3 is 2.48 bits per heavy atom. The van der Waals surface area contributed by atoms with Gasteiger partial charge in [-0.2, -0.15) is 4.98 Å². The van der Waals surface area contributed by atoms with Gasteiger partial charge in [0.2, 0.25) is 23.5 Å². The van der Waals surface area contributed by atoms with Crippen LogP contribution in [-0.4, -0.2) is 36.2 Å². The van der Waals surface area contributed by atoms with Crippen LogP contribution in [0.25, 0.3) is 11.4 Å². The van der Waals surface area contributed by atoms with Crippen molar-refractivity contribution < 1.29 is 23.6 Å². The number of aryl methyl sites for hydroxylation is 1. The monoisotopic (exact) mass is 376 g/mol. The molecule has 0 aliphatic carbocycles. The predicted octanol–water partition coefficient (Wildman–Crippen LogP) is 1.88. The number of hydrazine groups is 1. The van der Waals surface area contributed by atoms with E-state index in [1.807, 2.05) is 13.8 Å². The van der Waals surface area contributed by atoms with Crippen molar-refractivity contribution in [2.45, 2.75) is 33.1 Å². The summed E-state index contributed by atoms with van der Waals surface area (Å²) in [6, 6.07) is 5.27. The Kier molecular flexibility index (Phi) is 7.16. The molecule has 0 saturated heterocycles. The van der Waals surface area contributed by atoms with Crippen LogP contribution in [0.15, 0.2) is 22.7 Å². The number of amides is 2. The summed E-state index contributed by atoms with van der Waals surface area (Å²) in [5, 5.41) is 3.92. The van der Waals surface area contributed by atoms with Gasteiger partial charge in [-0.15, -0.1) is 0 Å². The number of carbonyl (C=O) groups is 2. The van der Waals surface area contributed by atoms with Gasteiger partial charge in [0.1, 0.15) is 0 Å². The van der Waals surface area contributed by atoms with E-state index in [2.05, 4.69) is 21.0 Å². The third kappa shape index (κ3) is 5.98. The lowest BCUT2D eigenvalue weighted by molar-refractivity contribution is -0.129. The largest absolute Gasteiger partial charge is 0.493 e. The number of carbonyl (C=O) groups excluding carboxylic acids is 2. The van der Waals surface area contributed by atoms with Crippen molar-refractivity contribution >= 4 is 11.8 Å². The van der Waals surface area contributed by atoms with Gasteiger partial charge in [0, 0.05) is 24.8 Å².